The Morgan fingerprint density at radius 2 is 1.26 bits per heavy atom. The maximum atomic E-state index is 10.8. The lowest BCUT2D eigenvalue weighted by Gasteiger charge is -2.10. The molecule has 0 fully saturated rings. The SMILES string of the molecule is Cc1cc(Oc2ccc([N+](=O)[O-])cc2)ccc1C=NCC(C)NCCN=Cc1ccc(Oc2ccc([N+](=O)[O-])cc2)cc1. The van der Waals surface area contributed by atoms with Crippen LogP contribution in [-0.2, 0) is 0 Å². The third-order valence-corrected chi connectivity index (χ3v) is 6.27. The highest BCUT2D eigenvalue weighted by atomic mass is 16.6. The Balaban J connectivity index is 1.15. The summed E-state index contributed by atoms with van der Waals surface area (Å²) in [6, 6.07) is 25.2. The summed E-state index contributed by atoms with van der Waals surface area (Å²) in [7, 11) is 0. The van der Waals surface area contributed by atoms with E-state index < -0.39 is 9.85 Å². The van der Waals surface area contributed by atoms with Crippen molar-refractivity contribution in [2.75, 3.05) is 19.6 Å². The first-order chi connectivity index (χ1) is 20.8. The predicted octanol–water partition coefficient (Wildman–Crippen LogP) is 6.91. The van der Waals surface area contributed by atoms with Crippen LogP contribution < -0.4 is 14.8 Å². The van der Waals surface area contributed by atoms with Crippen molar-refractivity contribution in [2.24, 2.45) is 9.98 Å². The molecule has 1 N–H and O–H groups in total. The van der Waals surface area contributed by atoms with Crippen molar-refractivity contribution in [1.29, 1.82) is 0 Å². The van der Waals surface area contributed by atoms with Gasteiger partial charge in [0.15, 0.2) is 0 Å². The molecule has 4 aromatic rings. The number of aliphatic imine (C=N–C) groups is 2. The van der Waals surface area contributed by atoms with Crippen molar-refractivity contribution in [2.45, 2.75) is 19.9 Å². The molecule has 220 valence electrons. The van der Waals surface area contributed by atoms with E-state index in [1.807, 2.05) is 55.6 Å². The van der Waals surface area contributed by atoms with Crippen LogP contribution >= 0.6 is 0 Å². The fourth-order valence-corrected chi connectivity index (χ4v) is 3.94. The number of non-ortho nitro benzene ring substituents is 2. The first-order valence-corrected chi connectivity index (χ1v) is 13.6. The van der Waals surface area contributed by atoms with E-state index in [4.69, 9.17) is 9.47 Å². The molecule has 4 rings (SSSR count). The number of benzene rings is 4. The van der Waals surface area contributed by atoms with E-state index in [1.165, 1.54) is 24.3 Å². The Labute approximate surface area is 248 Å². The summed E-state index contributed by atoms with van der Waals surface area (Å²) in [4.78, 5) is 29.7. The van der Waals surface area contributed by atoms with E-state index in [2.05, 4.69) is 22.2 Å². The molecule has 11 heteroatoms. The lowest BCUT2D eigenvalue weighted by atomic mass is 10.1. The topological polar surface area (TPSA) is 141 Å². The Morgan fingerprint density at radius 1 is 0.744 bits per heavy atom. The van der Waals surface area contributed by atoms with Gasteiger partial charge in [-0.05, 0) is 97.3 Å². The second kappa shape index (κ2) is 15.0. The quantitative estimate of drug-likeness (QED) is 0.0738. The standard InChI is InChI=1S/C32H31N5O6/c1-23-19-32(43-31-15-8-28(9-16-31)37(40)41)12-5-26(23)22-34-20-24(2)35-18-17-33-21-25-3-10-29(11-4-25)42-30-13-6-27(7-14-30)36(38)39/h3-16,19,21-22,24,35H,17-18,20H2,1-2H3. The number of aryl methyl sites for hydroxylation is 1. The number of hydrogen-bond donors (Lipinski definition) is 1. The zero-order valence-electron chi connectivity index (χ0n) is 23.8. The van der Waals surface area contributed by atoms with Crippen LogP contribution in [0, 0.1) is 27.2 Å². The normalized spacial score (nSPS) is 12.0. The van der Waals surface area contributed by atoms with Gasteiger partial charge in [0.05, 0.1) is 22.9 Å². The molecule has 0 amide bonds. The van der Waals surface area contributed by atoms with Gasteiger partial charge >= 0.3 is 0 Å². The number of nitro groups is 2. The predicted molar refractivity (Wildman–Crippen MR) is 166 cm³/mol. The Bertz CT molecular complexity index is 1590. The molecule has 0 radical (unpaired) electrons. The second-order valence-electron chi connectivity index (χ2n) is 9.68. The van der Waals surface area contributed by atoms with Gasteiger partial charge in [-0.15, -0.1) is 0 Å². The highest BCUT2D eigenvalue weighted by Gasteiger charge is 2.07. The van der Waals surface area contributed by atoms with Gasteiger partial charge in [0.2, 0.25) is 0 Å². The summed E-state index contributed by atoms with van der Waals surface area (Å²) < 4.78 is 11.5. The third-order valence-electron chi connectivity index (χ3n) is 6.27. The molecular formula is C32H31N5O6. The average Bonchev–Trinajstić information content (AvgIpc) is 2.99. The second-order valence-corrected chi connectivity index (χ2v) is 9.68. The zero-order valence-corrected chi connectivity index (χ0v) is 23.8. The molecule has 0 aliphatic heterocycles. The summed E-state index contributed by atoms with van der Waals surface area (Å²) >= 11 is 0. The molecule has 0 spiro atoms. The van der Waals surface area contributed by atoms with E-state index >= 15 is 0 Å². The Morgan fingerprint density at radius 3 is 1.79 bits per heavy atom. The van der Waals surface area contributed by atoms with Gasteiger partial charge in [0.25, 0.3) is 11.4 Å². The van der Waals surface area contributed by atoms with Gasteiger partial charge in [0.1, 0.15) is 23.0 Å². The third kappa shape index (κ3) is 9.58. The summed E-state index contributed by atoms with van der Waals surface area (Å²) in [6.07, 6.45) is 3.65. The molecule has 0 aromatic heterocycles. The van der Waals surface area contributed by atoms with Crippen molar-refractivity contribution < 1.29 is 19.3 Å². The monoisotopic (exact) mass is 581 g/mol. The summed E-state index contributed by atoms with van der Waals surface area (Å²) in [5.74, 6) is 2.32. The Hall–Kier alpha value is -5.42. The summed E-state index contributed by atoms with van der Waals surface area (Å²) in [5.41, 5.74) is 2.96. The minimum Gasteiger partial charge on any atom is -0.457 e. The van der Waals surface area contributed by atoms with Crippen molar-refractivity contribution in [3.8, 4) is 23.0 Å². The van der Waals surface area contributed by atoms with Crippen molar-refractivity contribution in [3.05, 3.63) is 128 Å². The van der Waals surface area contributed by atoms with E-state index in [-0.39, 0.29) is 17.4 Å². The zero-order chi connectivity index (χ0) is 30.6. The van der Waals surface area contributed by atoms with Gasteiger partial charge in [-0.3, -0.25) is 30.2 Å². The van der Waals surface area contributed by atoms with Crippen molar-refractivity contribution in [1.82, 2.24) is 5.32 Å². The van der Waals surface area contributed by atoms with Crippen LogP contribution in [0.2, 0.25) is 0 Å². The smallest absolute Gasteiger partial charge is 0.269 e. The molecule has 0 aliphatic carbocycles. The highest BCUT2D eigenvalue weighted by Crippen LogP contribution is 2.26. The number of nitrogens with zero attached hydrogens (tertiary/aromatic N) is 4. The van der Waals surface area contributed by atoms with Crippen LogP contribution in [0.4, 0.5) is 11.4 Å². The lowest BCUT2D eigenvalue weighted by Crippen LogP contribution is -2.30. The summed E-state index contributed by atoms with van der Waals surface area (Å²) in [5, 5.41) is 25.0. The maximum absolute atomic E-state index is 10.8. The molecule has 0 saturated heterocycles. The van der Waals surface area contributed by atoms with Crippen LogP contribution in [0.25, 0.3) is 0 Å². The number of hydrogen-bond acceptors (Lipinski definition) is 9. The fourth-order valence-electron chi connectivity index (χ4n) is 3.94. The summed E-state index contributed by atoms with van der Waals surface area (Å²) in [6.45, 7) is 5.98. The fraction of sp³-hybridized carbons (Fsp3) is 0.188. The Kier molecular flexibility index (Phi) is 10.6. The van der Waals surface area contributed by atoms with Gasteiger partial charge in [-0.1, -0.05) is 0 Å². The molecule has 0 saturated carbocycles. The van der Waals surface area contributed by atoms with Gasteiger partial charge in [0, 0.05) is 49.3 Å². The molecule has 0 bridgehead atoms. The molecule has 0 heterocycles. The van der Waals surface area contributed by atoms with E-state index in [0.717, 1.165) is 16.7 Å². The lowest BCUT2D eigenvalue weighted by molar-refractivity contribution is -0.385. The van der Waals surface area contributed by atoms with Gasteiger partial charge < -0.3 is 14.8 Å². The van der Waals surface area contributed by atoms with E-state index in [9.17, 15) is 20.2 Å². The van der Waals surface area contributed by atoms with Crippen LogP contribution in [0.1, 0.15) is 23.6 Å². The van der Waals surface area contributed by atoms with Crippen LogP contribution in [0.15, 0.2) is 101 Å². The molecule has 1 atom stereocenters. The average molecular weight is 582 g/mol. The van der Waals surface area contributed by atoms with Gasteiger partial charge in [-0.25, -0.2) is 0 Å². The molecule has 11 nitrogen and oxygen atoms in total. The number of rotatable bonds is 14. The number of nitrogens with one attached hydrogen (secondary N) is 1. The first-order valence-electron chi connectivity index (χ1n) is 13.6. The molecule has 43 heavy (non-hydrogen) atoms. The highest BCUT2D eigenvalue weighted by molar-refractivity contribution is 5.82. The molecule has 1 unspecified atom stereocenters. The number of ether oxygens (including phenoxy) is 2. The van der Waals surface area contributed by atoms with Crippen LogP contribution in [0.3, 0.4) is 0 Å². The van der Waals surface area contributed by atoms with Gasteiger partial charge in [-0.2, -0.15) is 0 Å². The minimum atomic E-state index is -0.448. The molecule has 0 aliphatic rings. The van der Waals surface area contributed by atoms with E-state index in [1.54, 1.807) is 30.5 Å². The number of nitro benzene ring substituents is 2. The largest absolute Gasteiger partial charge is 0.457 e. The first kappa shape index (κ1) is 30.5. The molecule has 4 aromatic carbocycles. The maximum Gasteiger partial charge on any atom is 0.269 e. The molecular weight excluding hydrogens is 550 g/mol. The van der Waals surface area contributed by atoms with Crippen LogP contribution in [0.5, 0.6) is 23.0 Å². The minimum absolute atomic E-state index is 0.0171. The van der Waals surface area contributed by atoms with Crippen LogP contribution in [-0.4, -0.2) is 48.0 Å². The van der Waals surface area contributed by atoms with Crippen molar-refractivity contribution >= 4 is 23.8 Å². The van der Waals surface area contributed by atoms with E-state index in [0.29, 0.717) is 42.6 Å². The van der Waals surface area contributed by atoms with Crippen molar-refractivity contribution in [3.63, 3.8) is 0 Å².